The van der Waals surface area contributed by atoms with Crippen molar-refractivity contribution >= 4 is 5.91 Å². The molecular weight excluding hydrogens is 200 g/mol. The fourth-order valence-electron chi connectivity index (χ4n) is 2.78. The van der Waals surface area contributed by atoms with E-state index in [0.717, 1.165) is 19.0 Å². The highest BCUT2D eigenvalue weighted by Gasteiger charge is 2.30. The molecule has 3 heteroatoms. The maximum atomic E-state index is 12.0. The van der Waals surface area contributed by atoms with Gasteiger partial charge in [-0.25, -0.2) is 0 Å². The molecule has 1 heterocycles. The Kier molecular flexibility index (Phi) is 3.85. The SMILES string of the molecule is CC1CCCC(NC(=O)C(C)C2CNC2)C1. The largest absolute Gasteiger partial charge is 0.353 e. The summed E-state index contributed by atoms with van der Waals surface area (Å²) < 4.78 is 0. The van der Waals surface area contributed by atoms with E-state index in [1.54, 1.807) is 0 Å². The van der Waals surface area contributed by atoms with Crippen LogP contribution in [0.4, 0.5) is 0 Å². The topological polar surface area (TPSA) is 41.1 Å². The molecule has 3 nitrogen and oxygen atoms in total. The van der Waals surface area contributed by atoms with Crippen molar-refractivity contribution in [2.24, 2.45) is 17.8 Å². The van der Waals surface area contributed by atoms with Gasteiger partial charge in [0, 0.05) is 12.0 Å². The lowest BCUT2D eigenvalue weighted by Crippen LogP contribution is -2.51. The fraction of sp³-hybridized carbons (Fsp3) is 0.923. The van der Waals surface area contributed by atoms with Crippen molar-refractivity contribution in [3.05, 3.63) is 0 Å². The zero-order chi connectivity index (χ0) is 11.5. The van der Waals surface area contributed by atoms with E-state index >= 15 is 0 Å². The van der Waals surface area contributed by atoms with Gasteiger partial charge in [0.25, 0.3) is 0 Å². The van der Waals surface area contributed by atoms with Gasteiger partial charge < -0.3 is 10.6 Å². The Morgan fingerprint density at radius 1 is 1.38 bits per heavy atom. The normalized spacial score (nSPS) is 32.9. The third-order valence-corrected chi connectivity index (χ3v) is 4.22. The summed E-state index contributed by atoms with van der Waals surface area (Å²) in [7, 11) is 0. The molecule has 92 valence electrons. The lowest BCUT2D eigenvalue weighted by Gasteiger charge is -2.34. The van der Waals surface area contributed by atoms with Crippen molar-refractivity contribution in [1.29, 1.82) is 0 Å². The Morgan fingerprint density at radius 3 is 2.69 bits per heavy atom. The van der Waals surface area contributed by atoms with Crippen LogP contribution in [0.1, 0.15) is 39.5 Å². The average Bonchev–Trinajstić information content (AvgIpc) is 2.14. The monoisotopic (exact) mass is 224 g/mol. The number of hydrogen-bond donors (Lipinski definition) is 2. The molecule has 0 bridgehead atoms. The molecule has 1 aliphatic carbocycles. The van der Waals surface area contributed by atoms with Crippen LogP contribution < -0.4 is 10.6 Å². The molecule has 0 radical (unpaired) electrons. The van der Waals surface area contributed by atoms with Crippen molar-refractivity contribution in [2.75, 3.05) is 13.1 Å². The van der Waals surface area contributed by atoms with Crippen molar-refractivity contribution in [3.8, 4) is 0 Å². The first-order chi connectivity index (χ1) is 7.66. The Bertz CT molecular complexity index is 250. The predicted octanol–water partition coefficient (Wildman–Crippen LogP) is 1.54. The molecule has 16 heavy (non-hydrogen) atoms. The Hall–Kier alpha value is -0.570. The highest BCUT2D eigenvalue weighted by Crippen LogP contribution is 2.24. The van der Waals surface area contributed by atoms with Crippen LogP contribution in [-0.4, -0.2) is 25.0 Å². The van der Waals surface area contributed by atoms with Gasteiger partial charge in [0.1, 0.15) is 0 Å². The van der Waals surface area contributed by atoms with E-state index < -0.39 is 0 Å². The van der Waals surface area contributed by atoms with Crippen molar-refractivity contribution in [2.45, 2.75) is 45.6 Å². The van der Waals surface area contributed by atoms with Gasteiger partial charge in [-0.1, -0.05) is 26.7 Å². The first kappa shape index (κ1) is 11.9. The molecule has 2 aliphatic rings. The zero-order valence-corrected chi connectivity index (χ0v) is 10.5. The summed E-state index contributed by atoms with van der Waals surface area (Å²) in [6.45, 7) is 6.37. The van der Waals surface area contributed by atoms with E-state index in [4.69, 9.17) is 0 Å². The van der Waals surface area contributed by atoms with Gasteiger partial charge in [0.2, 0.25) is 5.91 Å². The summed E-state index contributed by atoms with van der Waals surface area (Å²) >= 11 is 0. The second-order valence-electron chi connectivity index (χ2n) is 5.68. The summed E-state index contributed by atoms with van der Waals surface area (Å²) in [6.07, 6.45) is 4.94. The summed E-state index contributed by atoms with van der Waals surface area (Å²) in [5.41, 5.74) is 0. The van der Waals surface area contributed by atoms with Gasteiger partial charge in [0.15, 0.2) is 0 Å². The van der Waals surface area contributed by atoms with Crippen LogP contribution in [0.2, 0.25) is 0 Å². The van der Waals surface area contributed by atoms with Gasteiger partial charge in [-0.2, -0.15) is 0 Å². The maximum absolute atomic E-state index is 12.0. The summed E-state index contributed by atoms with van der Waals surface area (Å²) in [5.74, 6) is 1.78. The van der Waals surface area contributed by atoms with Gasteiger partial charge in [-0.3, -0.25) is 4.79 Å². The lowest BCUT2D eigenvalue weighted by molar-refractivity contribution is -0.127. The minimum absolute atomic E-state index is 0.179. The Balaban J connectivity index is 1.77. The van der Waals surface area contributed by atoms with E-state index in [1.807, 2.05) is 0 Å². The Morgan fingerprint density at radius 2 is 2.12 bits per heavy atom. The van der Waals surface area contributed by atoms with Gasteiger partial charge >= 0.3 is 0 Å². The first-order valence-electron chi connectivity index (χ1n) is 6.68. The number of carbonyl (C=O) groups excluding carboxylic acids is 1. The van der Waals surface area contributed by atoms with Crippen LogP contribution in [0, 0.1) is 17.8 Å². The van der Waals surface area contributed by atoms with E-state index in [9.17, 15) is 4.79 Å². The highest BCUT2D eigenvalue weighted by molar-refractivity contribution is 5.79. The average molecular weight is 224 g/mol. The number of hydrogen-bond acceptors (Lipinski definition) is 2. The van der Waals surface area contributed by atoms with E-state index in [1.165, 1.54) is 25.7 Å². The first-order valence-corrected chi connectivity index (χ1v) is 6.68. The van der Waals surface area contributed by atoms with Crippen molar-refractivity contribution < 1.29 is 4.79 Å². The Labute approximate surface area is 98.4 Å². The highest BCUT2D eigenvalue weighted by atomic mass is 16.1. The standard InChI is InChI=1S/C13H24N2O/c1-9-4-3-5-12(6-9)15-13(16)10(2)11-7-14-8-11/h9-12,14H,3-8H2,1-2H3,(H,15,16). The van der Waals surface area contributed by atoms with E-state index in [0.29, 0.717) is 12.0 Å². The number of carbonyl (C=O) groups is 1. The molecule has 3 atom stereocenters. The molecule has 1 saturated carbocycles. The maximum Gasteiger partial charge on any atom is 0.223 e. The summed E-state index contributed by atoms with van der Waals surface area (Å²) in [5, 5.41) is 6.46. The molecule has 2 fully saturated rings. The third-order valence-electron chi connectivity index (χ3n) is 4.22. The molecule has 1 saturated heterocycles. The smallest absolute Gasteiger partial charge is 0.223 e. The minimum atomic E-state index is 0.179. The number of nitrogens with one attached hydrogen (secondary N) is 2. The van der Waals surface area contributed by atoms with Crippen LogP contribution in [0.15, 0.2) is 0 Å². The lowest BCUT2D eigenvalue weighted by atomic mass is 9.85. The molecule has 0 aromatic rings. The molecule has 0 aromatic carbocycles. The van der Waals surface area contributed by atoms with Crippen molar-refractivity contribution in [1.82, 2.24) is 10.6 Å². The molecule has 1 amide bonds. The van der Waals surface area contributed by atoms with Crippen LogP contribution in [0.25, 0.3) is 0 Å². The van der Waals surface area contributed by atoms with Crippen LogP contribution >= 0.6 is 0 Å². The van der Waals surface area contributed by atoms with E-state index in [-0.39, 0.29) is 11.8 Å². The van der Waals surface area contributed by atoms with Crippen LogP contribution in [-0.2, 0) is 4.79 Å². The summed E-state index contributed by atoms with van der Waals surface area (Å²) in [6, 6.07) is 0.437. The number of rotatable bonds is 3. The van der Waals surface area contributed by atoms with Gasteiger partial charge in [-0.05, 0) is 37.8 Å². The predicted molar refractivity (Wildman–Crippen MR) is 65.1 cm³/mol. The fourth-order valence-corrected chi connectivity index (χ4v) is 2.78. The van der Waals surface area contributed by atoms with Crippen molar-refractivity contribution in [3.63, 3.8) is 0 Å². The molecule has 1 aliphatic heterocycles. The van der Waals surface area contributed by atoms with Crippen LogP contribution in [0.3, 0.4) is 0 Å². The molecule has 3 unspecified atom stereocenters. The van der Waals surface area contributed by atoms with Gasteiger partial charge in [-0.15, -0.1) is 0 Å². The minimum Gasteiger partial charge on any atom is -0.353 e. The number of amides is 1. The molecule has 0 aromatic heterocycles. The zero-order valence-electron chi connectivity index (χ0n) is 10.5. The van der Waals surface area contributed by atoms with Crippen LogP contribution in [0.5, 0.6) is 0 Å². The molecular formula is C13H24N2O. The third kappa shape index (κ3) is 2.76. The van der Waals surface area contributed by atoms with Gasteiger partial charge in [0.05, 0.1) is 0 Å². The second kappa shape index (κ2) is 5.17. The second-order valence-corrected chi connectivity index (χ2v) is 5.68. The van der Waals surface area contributed by atoms with E-state index in [2.05, 4.69) is 24.5 Å². The molecule has 0 spiro atoms. The quantitative estimate of drug-likeness (QED) is 0.763. The summed E-state index contributed by atoms with van der Waals surface area (Å²) in [4.78, 5) is 12.0. The molecule has 2 rings (SSSR count). The molecule has 2 N–H and O–H groups in total.